The van der Waals surface area contributed by atoms with Crippen molar-refractivity contribution in [2.45, 2.75) is 19.4 Å². The molecule has 1 fully saturated rings. The fraction of sp³-hybridized carbons (Fsp3) is 0.412. The number of benzene rings is 1. The monoisotopic (exact) mass is 334 g/mol. The largest absolute Gasteiger partial charge is 0.396 e. The van der Waals surface area contributed by atoms with E-state index in [2.05, 4.69) is 20.2 Å². The lowest BCUT2D eigenvalue weighted by Crippen LogP contribution is -2.37. The lowest BCUT2D eigenvalue weighted by Gasteiger charge is -2.32. The number of hydrogen-bond acceptors (Lipinski definition) is 5. The van der Waals surface area contributed by atoms with Crippen molar-refractivity contribution in [2.75, 3.05) is 29.9 Å². The third-order valence-electron chi connectivity index (χ3n) is 4.22. The van der Waals surface area contributed by atoms with E-state index < -0.39 is 11.6 Å². The Labute approximate surface area is 139 Å². The van der Waals surface area contributed by atoms with Crippen LogP contribution < -0.4 is 10.2 Å². The highest BCUT2D eigenvalue weighted by molar-refractivity contribution is 5.49. The Morgan fingerprint density at radius 3 is 2.96 bits per heavy atom. The predicted octanol–water partition coefficient (Wildman–Crippen LogP) is 2.58. The SMILES string of the molecule is OCC1CCCN(c2cc(NCc3cc(F)ccc3F)ncn2)C1. The molecule has 2 N–H and O–H groups in total. The third-order valence-corrected chi connectivity index (χ3v) is 4.22. The third kappa shape index (κ3) is 3.97. The molecule has 3 rings (SSSR count). The topological polar surface area (TPSA) is 61.3 Å². The molecule has 5 nitrogen and oxygen atoms in total. The van der Waals surface area contributed by atoms with Gasteiger partial charge in [-0.15, -0.1) is 0 Å². The number of nitrogens with zero attached hydrogens (tertiary/aromatic N) is 3. The summed E-state index contributed by atoms with van der Waals surface area (Å²) in [6, 6.07) is 5.16. The smallest absolute Gasteiger partial charge is 0.134 e. The lowest BCUT2D eigenvalue weighted by molar-refractivity contribution is 0.208. The molecule has 7 heteroatoms. The Hall–Kier alpha value is -2.28. The van der Waals surface area contributed by atoms with Gasteiger partial charge in [-0.25, -0.2) is 18.7 Å². The molecular formula is C17H20F2N4O. The molecule has 0 amide bonds. The van der Waals surface area contributed by atoms with Gasteiger partial charge in [0, 0.05) is 37.9 Å². The number of nitrogens with one attached hydrogen (secondary N) is 1. The molecule has 1 unspecified atom stereocenters. The summed E-state index contributed by atoms with van der Waals surface area (Å²) in [5, 5.41) is 12.3. The average molecular weight is 334 g/mol. The lowest BCUT2D eigenvalue weighted by atomic mass is 9.99. The van der Waals surface area contributed by atoms with Gasteiger partial charge in [-0.2, -0.15) is 0 Å². The molecule has 1 aliphatic heterocycles. The van der Waals surface area contributed by atoms with Crippen molar-refractivity contribution in [3.05, 3.63) is 47.8 Å². The molecule has 1 aliphatic rings. The number of rotatable bonds is 5. The van der Waals surface area contributed by atoms with E-state index in [-0.39, 0.29) is 24.6 Å². The van der Waals surface area contributed by atoms with E-state index in [4.69, 9.17) is 0 Å². The molecule has 1 aromatic heterocycles. The van der Waals surface area contributed by atoms with Gasteiger partial charge in [0.15, 0.2) is 0 Å². The van der Waals surface area contributed by atoms with Gasteiger partial charge in [-0.3, -0.25) is 0 Å². The molecule has 0 aliphatic carbocycles. The first-order valence-electron chi connectivity index (χ1n) is 8.01. The van der Waals surface area contributed by atoms with Crippen LogP contribution in [0.1, 0.15) is 18.4 Å². The Bertz CT molecular complexity index is 698. The summed E-state index contributed by atoms with van der Waals surface area (Å²) < 4.78 is 26.9. The number of aromatic nitrogens is 2. The first-order chi connectivity index (χ1) is 11.7. The normalized spacial score (nSPS) is 17.8. The minimum atomic E-state index is -0.472. The molecule has 2 aromatic rings. The summed E-state index contributed by atoms with van der Waals surface area (Å²) in [5.41, 5.74) is 0.244. The van der Waals surface area contributed by atoms with E-state index in [0.717, 1.165) is 43.9 Å². The van der Waals surface area contributed by atoms with Gasteiger partial charge in [0.05, 0.1) is 0 Å². The highest BCUT2D eigenvalue weighted by Gasteiger charge is 2.20. The van der Waals surface area contributed by atoms with Crippen molar-refractivity contribution in [3.8, 4) is 0 Å². The van der Waals surface area contributed by atoms with Crippen LogP contribution in [0.4, 0.5) is 20.4 Å². The second kappa shape index (κ2) is 7.53. The van der Waals surface area contributed by atoms with Crippen molar-refractivity contribution in [1.82, 2.24) is 9.97 Å². The van der Waals surface area contributed by atoms with Gasteiger partial charge in [-0.1, -0.05) is 0 Å². The van der Waals surface area contributed by atoms with Gasteiger partial charge in [0.1, 0.15) is 29.6 Å². The zero-order valence-corrected chi connectivity index (χ0v) is 13.3. The van der Waals surface area contributed by atoms with E-state index in [1.54, 1.807) is 6.07 Å². The zero-order chi connectivity index (χ0) is 16.9. The van der Waals surface area contributed by atoms with Crippen LogP contribution in [0.3, 0.4) is 0 Å². The molecule has 0 spiro atoms. The van der Waals surface area contributed by atoms with E-state index in [1.165, 1.54) is 12.4 Å². The van der Waals surface area contributed by atoms with Gasteiger partial charge in [0.25, 0.3) is 0 Å². The van der Waals surface area contributed by atoms with Crippen LogP contribution in [-0.4, -0.2) is 34.8 Å². The van der Waals surface area contributed by atoms with Crippen LogP contribution in [0.25, 0.3) is 0 Å². The van der Waals surface area contributed by atoms with Crippen LogP contribution in [0.15, 0.2) is 30.6 Å². The van der Waals surface area contributed by atoms with Crippen LogP contribution in [0, 0.1) is 17.6 Å². The summed E-state index contributed by atoms with van der Waals surface area (Å²) in [5.74, 6) is 0.645. The molecule has 0 saturated carbocycles. The van der Waals surface area contributed by atoms with E-state index >= 15 is 0 Å². The molecule has 1 aromatic carbocycles. The Morgan fingerprint density at radius 1 is 1.25 bits per heavy atom. The molecule has 1 atom stereocenters. The molecule has 2 heterocycles. The number of anilines is 2. The second-order valence-electron chi connectivity index (χ2n) is 5.99. The van der Waals surface area contributed by atoms with Crippen LogP contribution in [-0.2, 0) is 6.54 Å². The van der Waals surface area contributed by atoms with Gasteiger partial charge in [0.2, 0.25) is 0 Å². The summed E-state index contributed by atoms with van der Waals surface area (Å²) in [6.45, 7) is 1.95. The quantitative estimate of drug-likeness (QED) is 0.880. The molecule has 1 saturated heterocycles. The fourth-order valence-corrected chi connectivity index (χ4v) is 2.90. The minimum absolute atomic E-state index is 0.138. The Kier molecular flexibility index (Phi) is 5.20. The molecule has 0 radical (unpaired) electrons. The van der Waals surface area contributed by atoms with Gasteiger partial charge < -0.3 is 15.3 Å². The number of piperidine rings is 1. The van der Waals surface area contributed by atoms with Crippen LogP contribution in [0.5, 0.6) is 0 Å². The summed E-state index contributed by atoms with van der Waals surface area (Å²) in [4.78, 5) is 10.5. The zero-order valence-electron chi connectivity index (χ0n) is 13.3. The first-order valence-corrected chi connectivity index (χ1v) is 8.01. The number of hydrogen-bond donors (Lipinski definition) is 2. The van der Waals surface area contributed by atoms with Crippen molar-refractivity contribution < 1.29 is 13.9 Å². The maximum absolute atomic E-state index is 13.7. The highest BCUT2D eigenvalue weighted by Crippen LogP contribution is 2.22. The summed E-state index contributed by atoms with van der Waals surface area (Å²) in [7, 11) is 0. The van der Waals surface area contributed by atoms with Crippen molar-refractivity contribution >= 4 is 11.6 Å². The number of halogens is 2. The van der Waals surface area contributed by atoms with E-state index in [9.17, 15) is 13.9 Å². The minimum Gasteiger partial charge on any atom is -0.396 e. The summed E-state index contributed by atoms with van der Waals surface area (Å²) in [6.07, 6.45) is 3.47. The highest BCUT2D eigenvalue weighted by atomic mass is 19.1. The number of aliphatic hydroxyl groups is 1. The van der Waals surface area contributed by atoms with Gasteiger partial charge >= 0.3 is 0 Å². The second-order valence-corrected chi connectivity index (χ2v) is 5.99. The fourth-order valence-electron chi connectivity index (χ4n) is 2.90. The van der Waals surface area contributed by atoms with Crippen LogP contribution >= 0.6 is 0 Å². The van der Waals surface area contributed by atoms with Crippen molar-refractivity contribution in [2.24, 2.45) is 5.92 Å². The molecular weight excluding hydrogens is 314 g/mol. The van der Waals surface area contributed by atoms with Crippen molar-refractivity contribution in [3.63, 3.8) is 0 Å². The Balaban J connectivity index is 1.68. The standard InChI is InChI=1S/C17H20F2N4O/c18-14-3-4-15(19)13(6-14)8-20-16-7-17(22-11-21-16)23-5-1-2-12(9-23)10-24/h3-4,6-7,11-12,24H,1-2,5,8-10H2,(H,20,21,22). The molecule has 24 heavy (non-hydrogen) atoms. The average Bonchev–Trinajstić information content (AvgIpc) is 2.63. The van der Waals surface area contributed by atoms with Gasteiger partial charge in [-0.05, 0) is 37.0 Å². The maximum atomic E-state index is 13.7. The maximum Gasteiger partial charge on any atom is 0.134 e. The van der Waals surface area contributed by atoms with E-state index in [1.807, 2.05) is 0 Å². The predicted molar refractivity (Wildman–Crippen MR) is 87.7 cm³/mol. The first kappa shape index (κ1) is 16.6. The Morgan fingerprint density at radius 2 is 2.12 bits per heavy atom. The molecule has 0 bridgehead atoms. The molecule has 128 valence electrons. The van der Waals surface area contributed by atoms with E-state index in [0.29, 0.717) is 5.82 Å². The van der Waals surface area contributed by atoms with Crippen LogP contribution in [0.2, 0.25) is 0 Å². The number of aliphatic hydroxyl groups excluding tert-OH is 1. The van der Waals surface area contributed by atoms with Crippen molar-refractivity contribution in [1.29, 1.82) is 0 Å². The summed E-state index contributed by atoms with van der Waals surface area (Å²) >= 11 is 0.